The Morgan fingerprint density at radius 2 is 1.08 bits per heavy atom. The Balaban J connectivity index is 0.000000497. The quantitative estimate of drug-likeness (QED) is 0.0298. The molecule has 7 aromatic rings. The fraction of sp³-hybridized carbons (Fsp3) is 0.403. The molecule has 0 saturated carbocycles. The molecule has 7 rings (SSSR count). The maximum atomic E-state index is 12.1. The van der Waals surface area contributed by atoms with E-state index >= 15 is 0 Å². The first-order chi connectivity index (χ1) is 40.0. The predicted molar refractivity (Wildman–Crippen MR) is 358 cm³/mol. The van der Waals surface area contributed by atoms with Crippen molar-refractivity contribution in [2.24, 2.45) is 0 Å². The molecule has 12 nitrogen and oxygen atoms in total. The van der Waals surface area contributed by atoms with Crippen LogP contribution in [0.4, 0.5) is 24.7 Å². The van der Waals surface area contributed by atoms with Gasteiger partial charge < -0.3 is 9.58 Å². The second-order valence-corrected chi connectivity index (χ2v) is 30.9. The SMILES string of the molecule is CC(=O)c1cccc(SC(C)C)n1.CC(C)Sc1ccc(C(F)(F)F)nc1.CC(C)Sc1ccccn1.CC(C)Sc1ccnc(Cl)c1.COc1ccnc(SC(C)C)n1.[C-]#[N+]c1ccc(SC(C)C)nc1.[C-]#[N+]c1ncc(SC(C)C)cc1C. The lowest BCUT2D eigenvalue weighted by atomic mass is 10.3. The van der Waals surface area contributed by atoms with Gasteiger partial charge in [0.25, 0.3) is 5.82 Å². The standard InChI is InChI=1S/C10H12N2S.C10H13NOS.C9H10F3NS.C9H10N2S.C8H10ClNS.C8H12N2OS.C8H11NS/c1-7(2)13-9-5-8(3)10(11-4)12-6-9;1-7(2)13-10-6-4-5-9(11-10)8(3)12;1-6(2)14-7-3-4-8(13-5-7)9(10,11)12;1-7(2)12-9-5-4-8(10-3)6-11-9;1-6(2)11-7-3-4-10-8(9)5-7;1-6(2)12-8-9-5-4-7(10-8)11-3;1-7(2)10-8-5-3-4-6-9-8/h5-7H,1-3H3;4-7H,1-3H3;3-6H,1-2H3;4-7H,1-2H3;3-6H,1-2H3;4-6H,1-3H3;3-7H,1-2H3. The number of ketones is 1. The van der Waals surface area contributed by atoms with E-state index in [1.54, 1.807) is 121 Å². The molecule has 0 aliphatic carbocycles. The first-order valence-electron chi connectivity index (χ1n) is 26.8. The van der Waals surface area contributed by atoms with Gasteiger partial charge in [-0.1, -0.05) is 151 Å². The van der Waals surface area contributed by atoms with Gasteiger partial charge in [0, 0.05) is 95.4 Å². The maximum Gasteiger partial charge on any atom is 0.433 e. The minimum Gasteiger partial charge on any atom is -0.481 e. The average molecular weight is 1310 g/mol. The number of alkyl halides is 3. The van der Waals surface area contributed by atoms with Crippen LogP contribution in [0.15, 0.2) is 157 Å². The fourth-order valence-corrected chi connectivity index (χ4v) is 11.4. The van der Waals surface area contributed by atoms with Gasteiger partial charge in [-0.2, -0.15) is 18.2 Å². The lowest BCUT2D eigenvalue weighted by Crippen LogP contribution is -2.07. The van der Waals surface area contributed by atoms with Crippen molar-refractivity contribution in [1.82, 2.24) is 39.9 Å². The topological polar surface area (TPSA) is 138 Å². The summed E-state index contributed by atoms with van der Waals surface area (Å²) in [6.07, 6.45) is 5.55. The number of thioether (sulfide) groups is 7. The van der Waals surface area contributed by atoms with Crippen LogP contribution in [-0.4, -0.2) is 89.5 Å². The first kappa shape index (κ1) is 78.0. The number of rotatable bonds is 16. The summed E-state index contributed by atoms with van der Waals surface area (Å²) in [6.45, 7) is 46.6. The van der Waals surface area contributed by atoms with E-state index in [0.29, 0.717) is 65.0 Å². The summed E-state index contributed by atoms with van der Waals surface area (Å²) < 4.78 is 41.3. The van der Waals surface area contributed by atoms with E-state index in [-0.39, 0.29) is 5.78 Å². The number of methoxy groups -OCH3 is 1. The monoisotopic (exact) mass is 1310 g/mol. The van der Waals surface area contributed by atoms with Gasteiger partial charge in [-0.25, -0.2) is 24.8 Å². The van der Waals surface area contributed by atoms with Crippen molar-refractivity contribution in [3.63, 3.8) is 0 Å². The molecule has 7 heterocycles. The summed E-state index contributed by atoms with van der Waals surface area (Å²) in [6, 6.07) is 25.3. The molecule has 0 aromatic carbocycles. The molecule has 0 aliphatic heterocycles. The molecule has 23 heteroatoms. The molecule has 0 amide bonds. The number of nitrogens with zero attached hydrogens (tertiary/aromatic N) is 10. The van der Waals surface area contributed by atoms with E-state index in [2.05, 4.69) is 133 Å². The minimum absolute atomic E-state index is 0.0196. The predicted octanol–water partition coefficient (Wildman–Crippen LogP) is 20.8. The number of ether oxygens (including phenoxy) is 1. The lowest BCUT2D eigenvalue weighted by Gasteiger charge is -2.07. The van der Waals surface area contributed by atoms with E-state index < -0.39 is 11.9 Å². The molecule has 0 atom stereocenters. The van der Waals surface area contributed by atoms with Gasteiger partial charge in [-0.05, 0) is 67.1 Å². The number of halogens is 4. The van der Waals surface area contributed by atoms with Crippen LogP contribution in [0.1, 0.15) is 126 Å². The molecule has 0 fully saturated rings. The van der Waals surface area contributed by atoms with Gasteiger partial charge in [0.2, 0.25) is 11.6 Å². The zero-order valence-electron chi connectivity index (χ0n) is 51.2. The van der Waals surface area contributed by atoms with Gasteiger partial charge >= 0.3 is 6.18 Å². The number of hydrogen-bond acceptors (Lipinski definition) is 17. The van der Waals surface area contributed by atoms with Crippen molar-refractivity contribution in [2.45, 2.75) is 189 Å². The Labute approximate surface area is 538 Å². The number of pyridine rings is 6. The highest BCUT2D eigenvalue weighted by Gasteiger charge is 2.32. The lowest BCUT2D eigenvalue weighted by molar-refractivity contribution is -0.141. The molecule has 0 aliphatic rings. The number of aromatic nitrogens is 8. The summed E-state index contributed by atoms with van der Waals surface area (Å²) in [5, 5.41) is 7.98. The minimum atomic E-state index is -4.35. The van der Waals surface area contributed by atoms with Crippen LogP contribution in [-0.2, 0) is 6.18 Å². The highest BCUT2D eigenvalue weighted by Crippen LogP contribution is 2.31. The summed E-state index contributed by atoms with van der Waals surface area (Å²) >= 11 is 17.5. The van der Waals surface area contributed by atoms with Crippen molar-refractivity contribution < 1.29 is 22.7 Å². The van der Waals surface area contributed by atoms with Crippen molar-refractivity contribution >= 4 is 111 Å². The van der Waals surface area contributed by atoms with Crippen LogP contribution in [0.5, 0.6) is 5.88 Å². The van der Waals surface area contributed by atoms with Gasteiger partial charge in [0.1, 0.15) is 22.7 Å². The van der Waals surface area contributed by atoms with Gasteiger partial charge in [-0.15, -0.1) is 75.6 Å². The molecule has 85 heavy (non-hydrogen) atoms. The Bertz CT molecular complexity index is 3060. The van der Waals surface area contributed by atoms with E-state index in [1.807, 2.05) is 81.6 Å². The van der Waals surface area contributed by atoms with E-state index in [1.165, 1.54) is 35.8 Å². The molecule has 0 saturated heterocycles. The van der Waals surface area contributed by atoms with Gasteiger partial charge in [0.15, 0.2) is 10.9 Å². The Morgan fingerprint density at radius 1 is 0.529 bits per heavy atom. The van der Waals surface area contributed by atoms with Gasteiger partial charge in [0.05, 0.1) is 28.8 Å². The third-order valence-electron chi connectivity index (χ3n) is 8.77. The van der Waals surface area contributed by atoms with E-state index in [4.69, 9.17) is 29.5 Å². The molecule has 458 valence electrons. The van der Waals surface area contributed by atoms with Crippen LogP contribution in [0.25, 0.3) is 9.69 Å². The molecule has 7 aromatic heterocycles. The highest BCUT2D eigenvalue weighted by molar-refractivity contribution is 8.01. The van der Waals surface area contributed by atoms with Crippen molar-refractivity contribution in [1.29, 1.82) is 0 Å². The van der Waals surface area contributed by atoms with E-state index in [0.717, 1.165) is 41.7 Å². The average Bonchev–Trinajstić information content (AvgIpc) is 3.63. The molecule has 0 radical (unpaired) electrons. The Hall–Kier alpha value is -5.04. The number of hydrogen-bond donors (Lipinski definition) is 0. The highest BCUT2D eigenvalue weighted by atomic mass is 35.5. The molecule has 0 bridgehead atoms. The smallest absolute Gasteiger partial charge is 0.433 e. The second kappa shape index (κ2) is 43.6. The molecule has 0 unspecified atom stereocenters. The van der Waals surface area contributed by atoms with Crippen LogP contribution in [0.3, 0.4) is 0 Å². The summed E-state index contributed by atoms with van der Waals surface area (Å²) in [5.74, 6) is 1.15. The normalized spacial score (nSPS) is 10.6. The third-order valence-corrected chi connectivity index (χ3v) is 15.7. The summed E-state index contributed by atoms with van der Waals surface area (Å²) in [4.78, 5) is 52.8. The number of aryl methyl sites for hydroxylation is 1. The Morgan fingerprint density at radius 3 is 1.55 bits per heavy atom. The summed E-state index contributed by atoms with van der Waals surface area (Å²) in [5.41, 5.74) is 1.26. The van der Waals surface area contributed by atoms with E-state index in [9.17, 15) is 18.0 Å². The van der Waals surface area contributed by atoms with Crippen molar-refractivity contribution in [3.05, 3.63) is 167 Å². The van der Waals surface area contributed by atoms with Gasteiger partial charge in [-0.3, -0.25) is 14.8 Å². The Kier molecular flexibility index (Phi) is 40.0. The van der Waals surface area contributed by atoms with Crippen LogP contribution in [0.2, 0.25) is 5.15 Å². The fourth-order valence-electron chi connectivity index (χ4n) is 5.65. The second-order valence-electron chi connectivity index (χ2n) is 19.2. The van der Waals surface area contributed by atoms with Crippen LogP contribution in [0, 0.1) is 20.1 Å². The van der Waals surface area contributed by atoms with Crippen molar-refractivity contribution in [3.8, 4) is 5.88 Å². The number of carbonyl (C=O) groups is 1. The zero-order valence-corrected chi connectivity index (χ0v) is 57.7. The van der Waals surface area contributed by atoms with Crippen molar-refractivity contribution in [2.75, 3.05) is 7.11 Å². The maximum absolute atomic E-state index is 12.1. The zero-order chi connectivity index (χ0) is 64.1. The molecular weight excluding hydrogens is 1230 g/mol. The largest absolute Gasteiger partial charge is 0.481 e. The molecule has 0 spiro atoms. The first-order valence-corrected chi connectivity index (χ1v) is 33.3. The molecular formula is C62H78ClF3N10O2S7. The number of carbonyl (C=O) groups excluding carboxylic acids is 1. The number of Topliss-reactive ketones (excluding diaryl/α,β-unsaturated/α-hetero) is 1. The van der Waals surface area contributed by atoms with Crippen LogP contribution < -0.4 is 4.74 Å². The third kappa shape index (κ3) is 38.7. The summed E-state index contributed by atoms with van der Waals surface area (Å²) in [7, 11) is 1.60. The van der Waals surface area contributed by atoms with Crippen LogP contribution >= 0.6 is 93.9 Å². The molecule has 0 N–H and O–H groups in total.